The van der Waals surface area contributed by atoms with Crippen LogP contribution < -0.4 is 4.74 Å². The molecule has 1 unspecified atom stereocenters. The highest BCUT2D eigenvalue weighted by atomic mass is 16.5. The van der Waals surface area contributed by atoms with E-state index in [1.165, 1.54) is 12.8 Å². The SMILES string of the molecule is CCC(CC)C(O)c1ccc(OC2CC2)cc1. The van der Waals surface area contributed by atoms with Gasteiger partial charge in [0.1, 0.15) is 5.75 Å². The Kier molecular flexibility index (Phi) is 4.06. The molecular formula is C15H22O2. The van der Waals surface area contributed by atoms with Crippen molar-refractivity contribution in [1.82, 2.24) is 0 Å². The second-order valence-electron chi connectivity index (χ2n) is 4.91. The molecule has 0 amide bonds. The van der Waals surface area contributed by atoms with Gasteiger partial charge in [-0.1, -0.05) is 38.8 Å². The van der Waals surface area contributed by atoms with Crippen LogP contribution in [-0.2, 0) is 0 Å². The van der Waals surface area contributed by atoms with Crippen LogP contribution in [0.4, 0.5) is 0 Å². The lowest BCUT2D eigenvalue weighted by Crippen LogP contribution is -2.10. The number of aliphatic hydroxyl groups is 1. The lowest BCUT2D eigenvalue weighted by molar-refractivity contribution is 0.103. The Balaban J connectivity index is 2.00. The zero-order valence-corrected chi connectivity index (χ0v) is 10.7. The second kappa shape index (κ2) is 5.54. The first-order valence-electron chi connectivity index (χ1n) is 6.69. The van der Waals surface area contributed by atoms with Gasteiger partial charge in [0, 0.05) is 0 Å². The van der Waals surface area contributed by atoms with E-state index in [0.717, 1.165) is 24.2 Å². The summed E-state index contributed by atoms with van der Waals surface area (Å²) in [6.07, 6.45) is 4.47. The Morgan fingerprint density at radius 3 is 2.24 bits per heavy atom. The van der Waals surface area contributed by atoms with E-state index in [0.29, 0.717) is 12.0 Å². The lowest BCUT2D eigenvalue weighted by atomic mass is 9.91. The summed E-state index contributed by atoms with van der Waals surface area (Å²) in [5, 5.41) is 10.2. The lowest BCUT2D eigenvalue weighted by Gasteiger charge is -2.20. The first-order valence-corrected chi connectivity index (χ1v) is 6.69. The van der Waals surface area contributed by atoms with E-state index < -0.39 is 0 Å². The van der Waals surface area contributed by atoms with Crippen molar-refractivity contribution < 1.29 is 9.84 Å². The van der Waals surface area contributed by atoms with Crippen LogP contribution in [0.25, 0.3) is 0 Å². The smallest absolute Gasteiger partial charge is 0.119 e. The average Bonchev–Trinajstić information content (AvgIpc) is 3.15. The molecule has 2 rings (SSSR count). The van der Waals surface area contributed by atoms with E-state index in [-0.39, 0.29) is 6.10 Å². The largest absolute Gasteiger partial charge is 0.490 e. The van der Waals surface area contributed by atoms with Crippen LogP contribution in [0.3, 0.4) is 0 Å². The maximum atomic E-state index is 10.2. The fourth-order valence-electron chi connectivity index (χ4n) is 2.13. The van der Waals surface area contributed by atoms with Gasteiger partial charge >= 0.3 is 0 Å². The Labute approximate surface area is 104 Å². The molecule has 17 heavy (non-hydrogen) atoms. The molecule has 1 atom stereocenters. The summed E-state index contributed by atoms with van der Waals surface area (Å²) in [4.78, 5) is 0. The van der Waals surface area contributed by atoms with Gasteiger partial charge in [-0.25, -0.2) is 0 Å². The number of hydrogen-bond donors (Lipinski definition) is 1. The minimum atomic E-state index is -0.347. The third-order valence-corrected chi connectivity index (χ3v) is 3.54. The van der Waals surface area contributed by atoms with E-state index in [2.05, 4.69) is 13.8 Å². The summed E-state index contributed by atoms with van der Waals surface area (Å²) in [5.41, 5.74) is 1.00. The Hall–Kier alpha value is -1.02. The van der Waals surface area contributed by atoms with Crippen LogP contribution in [0.15, 0.2) is 24.3 Å². The monoisotopic (exact) mass is 234 g/mol. The maximum Gasteiger partial charge on any atom is 0.119 e. The molecule has 0 bridgehead atoms. The van der Waals surface area contributed by atoms with E-state index in [9.17, 15) is 5.11 Å². The van der Waals surface area contributed by atoms with Gasteiger partial charge in [0.15, 0.2) is 0 Å². The van der Waals surface area contributed by atoms with E-state index >= 15 is 0 Å². The van der Waals surface area contributed by atoms with Gasteiger partial charge in [0.05, 0.1) is 12.2 Å². The molecule has 2 nitrogen and oxygen atoms in total. The van der Waals surface area contributed by atoms with Crippen molar-refractivity contribution in [3.63, 3.8) is 0 Å². The number of rotatable bonds is 6. The van der Waals surface area contributed by atoms with Gasteiger partial charge < -0.3 is 9.84 Å². The highest BCUT2D eigenvalue weighted by Gasteiger charge is 2.23. The fourth-order valence-corrected chi connectivity index (χ4v) is 2.13. The van der Waals surface area contributed by atoms with Crippen LogP contribution in [-0.4, -0.2) is 11.2 Å². The predicted molar refractivity (Wildman–Crippen MR) is 69.1 cm³/mol. The van der Waals surface area contributed by atoms with E-state index in [4.69, 9.17) is 4.74 Å². The molecule has 0 heterocycles. The summed E-state index contributed by atoms with van der Waals surface area (Å²) in [6, 6.07) is 7.92. The molecule has 2 heteroatoms. The maximum absolute atomic E-state index is 10.2. The zero-order chi connectivity index (χ0) is 12.3. The molecular weight excluding hydrogens is 212 g/mol. The molecule has 1 aromatic carbocycles. The first-order chi connectivity index (χ1) is 8.24. The van der Waals surface area contributed by atoms with E-state index in [1.807, 2.05) is 24.3 Å². The summed E-state index contributed by atoms with van der Waals surface area (Å²) in [6.45, 7) is 4.25. The molecule has 1 fully saturated rings. The summed E-state index contributed by atoms with van der Waals surface area (Å²) in [7, 11) is 0. The van der Waals surface area contributed by atoms with Crippen molar-refractivity contribution in [3.8, 4) is 5.75 Å². The third-order valence-electron chi connectivity index (χ3n) is 3.54. The minimum absolute atomic E-state index is 0.347. The molecule has 0 saturated heterocycles. The van der Waals surface area contributed by atoms with Crippen molar-refractivity contribution in [2.45, 2.75) is 51.7 Å². The minimum Gasteiger partial charge on any atom is -0.490 e. The zero-order valence-electron chi connectivity index (χ0n) is 10.7. The van der Waals surface area contributed by atoms with E-state index in [1.54, 1.807) is 0 Å². The van der Waals surface area contributed by atoms with Crippen molar-refractivity contribution in [2.24, 2.45) is 5.92 Å². The molecule has 0 aliphatic heterocycles. The Morgan fingerprint density at radius 1 is 1.18 bits per heavy atom. The topological polar surface area (TPSA) is 29.5 Å². The first kappa shape index (κ1) is 12.4. The van der Waals surface area contributed by atoms with Crippen molar-refractivity contribution in [3.05, 3.63) is 29.8 Å². The average molecular weight is 234 g/mol. The fraction of sp³-hybridized carbons (Fsp3) is 0.600. The van der Waals surface area contributed by atoms with Gasteiger partial charge in [0.25, 0.3) is 0 Å². The van der Waals surface area contributed by atoms with Crippen LogP contribution in [0, 0.1) is 5.92 Å². The summed E-state index contributed by atoms with van der Waals surface area (Å²) in [5.74, 6) is 1.28. The predicted octanol–water partition coefficient (Wildman–Crippen LogP) is 3.70. The van der Waals surface area contributed by atoms with Crippen LogP contribution in [0.2, 0.25) is 0 Å². The van der Waals surface area contributed by atoms with Gasteiger partial charge in [-0.3, -0.25) is 0 Å². The van der Waals surface area contributed by atoms with Crippen molar-refractivity contribution in [1.29, 1.82) is 0 Å². The van der Waals surface area contributed by atoms with Crippen LogP contribution in [0.5, 0.6) is 5.75 Å². The van der Waals surface area contributed by atoms with Crippen molar-refractivity contribution in [2.75, 3.05) is 0 Å². The number of ether oxygens (including phenoxy) is 1. The van der Waals surface area contributed by atoms with Gasteiger partial charge in [-0.15, -0.1) is 0 Å². The normalized spacial score (nSPS) is 17.2. The van der Waals surface area contributed by atoms with Crippen molar-refractivity contribution >= 4 is 0 Å². The number of aliphatic hydroxyl groups excluding tert-OH is 1. The molecule has 1 aromatic rings. The summed E-state index contributed by atoms with van der Waals surface area (Å²) < 4.78 is 5.69. The van der Waals surface area contributed by atoms with Gasteiger partial charge in [0.2, 0.25) is 0 Å². The Bertz CT molecular complexity index is 336. The highest BCUT2D eigenvalue weighted by molar-refractivity contribution is 5.29. The number of benzene rings is 1. The summed E-state index contributed by atoms with van der Waals surface area (Å²) >= 11 is 0. The molecule has 1 N–H and O–H groups in total. The van der Waals surface area contributed by atoms with Crippen LogP contribution in [0.1, 0.15) is 51.2 Å². The molecule has 0 spiro atoms. The standard InChI is InChI=1S/C15H22O2/c1-3-11(4-2)15(16)12-5-7-13(8-6-12)17-14-9-10-14/h5-8,11,14-16H,3-4,9-10H2,1-2H3. The van der Waals surface area contributed by atoms with Crippen LogP contribution >= 0.6 is 0 Å². The molecule has 94 valence electrons. The molecule has 0 aromatic heterocycles. The molecule has 1 aliphatic rings. The third kappa shape index (κ3) is 3.22. The molecule has 1 aliphatic carbocycles. The Morgan fingerprint density at radius 2 is 1.76 bits per heavy atom. The quantitative estimate of drug-likeness (QED) is 0.813. The second-order valence-corrected chi connectivity index (χ2v) is 4.91. The highest BCUT2D eigenvalue weighted by Crippen LogP contribution is 2.30. The van der Waals surface area contributed by atoms with Gasteiger partial charge in [-0.05, 0) is 36.5 Å². The van der Waals surface area contributed by atoms with Gasteiger partial charge in [-0.2, -0.15) is 0 Å². The molecule has 1 saturated carbocycles. The molecule has 0 radical (unpaired) electrons. The number of hydrogen-bond acceptors (Lipinski definition) is 2.